The molecule has 0 atom stereocenters. The summed E-state index contributed by atoms with van der Waals surface area (Å²) in [6.07, 6.45) is 1.35. The first kappa shape index (κ1) is 6.54. The minimum absolute atomic E-state index is 0.301. The molecule has 0 bridgehead atoms. The average Bonchev–Trinajstić information content (AvgIpc) is 2.31. The smallest absolute Gasteiger partial charge is 0.211 e. The molecule has 0 radical (unpaired) electrons. The van der Waals surface area contributed by atoms with Crippen molar-refractivity contribution >= 4 is 22.8 Å². The summed E-state index contributed by atoms with van der Waals surface area (Å²) in [6, 6.07) is 0. The van der Waals surface area contributed by atoms with Crippen molar-refractivity contribution in [3.63, 3.8) is 0 Å². The second-order valence-corrected chi connectivity index (χ2v) is 2.41. The zero-order valence-corrected chi connectivity index (χ0v) is 6.46. The Balaban J connectivity index is 2.90. The Morgan fingerprint density at radius 1 is 1.45 bits per heavy atom. The van der Waals surface area contributed by atoms with Gasteiger partial charge in [0.1, 0.15) is 6.33 Å². The van der Waals surface area contributed by atoms with Gasteiger partial charge in [0.2, 0.25) is 11.2 Å². The maximum atomic E-state index is 5.69. The van der Waals surface area contributed by atoms with Crippen LogP contribution >= 0.6 is 11.6 Å². The Bertz CT molecular complexity index is 398. The maximum absolute atomic E-state index is 5.69. The highest BCUT2D eigenvalue weighted by Gasteiger charge is 2.06. The first-order valence-electron chi connectivity index (χ1n) is 3.01. The lowest BCUT2D eigenvalue weighted by atomic mass is 10.6. The molecule has 0 spiro atoms. The van der Waals surface area contributed by atoms with Crippen LogP contribution in [0.3, 0.4) is 0 Å². The van der Waals surface area contributed by atoms with Gasteiger partial charge in [-0.05, 0) is 0 Å². The van der Waals surface area contributed by atoms with Gasteiger partial charge in [0.25, 0.3) is 0 Å². The fourth-order valence-corrected chi connectivity index (χ4v) is 0.998. The van der Waals surface area contributed by atoms with E-state index in [4.69, 9.17) is 16.0 Å². The standard InChI is InChI=1S/C6H4ClN3O/c1-3-10-6-4(11-3)5(7)8-2-9-6/h2H,1H3. The van der Waals surface area contributed by atoms with E-state index in [1.807, 2.05) is 0 Å². The van der Waals surface area contributed by atoms with Gasteiger partial charge in [-0.3, -0.25) is 0 Å². The van der Waals surface area contributed by atoms with Crippen molar-refractivity contribution in [3.8, 4) is 0 Å². The van der Waals surface area contributed by atoms with Crippen molar-refractivity contribution in [3.05, 3.63) is 17.4 Å². The van der Waals surface area contributed by atoms with E-state index in [1.54, 1.807) is 6.92 Å². The first-order chi connectivity index (χ1) is 5.27. The molecule has 0 aliphatic rings. The van der Waals surface area contributed by atoms with Crippen LogP contribution in [-0.2, 0) is 0 Å². The van der Waals surface area contributed by atoms with Gasteiger partial charge < -0.3 is 4.42 Å². The van der Waals surface area contributed by atoms with E-state index in [0.29, 0.717) is 22.3 Å². The number of oxazole rings is 1. The van der Waals surface area contributed by atoms with Crippen molar-refractivity contribution in [1.29, 1.82) is 0 Å². The number of fused-ring (bicyclic) bond motifs is 1. The van der Waals surface area contributed by atoms with E-state index in [1.165, 1.54) is 6.33 Å². The number of halogens is 1. The molecular weight excluding hydrogens is 166 g/mol. The van der Waals surface area contributed by atoms with Crippen LogP contribution in [0.15, 0.2) is 10.7 Å². The molecule has 0 fully saturated rings. The molecule has 0 unspecified atom stereocenters. The van der Waals surface area contributed by atoms with E-state index in [0.717, 1.165) is 0 Å². The number of hydrogen-bond donors (Lipinski definition) is 0. The fraction of sp³-hybridized carbons (Fsp3) is 0.167. The predicted molar refractivity (Wildman–Crippen MR) is 39.3 cm³/mol. The predicted octanol–water partition coefficient (Wildman–Crippen LogP) is 1.58. The Kier molecular flexibility index (Phi) is 1.29. The normalized spacial score (nSPS) is 10.7. The second kappa shape index (κ2) is 2.17. The van der Waals surface area contributed by atoms with Gasteiger partial charge in [0, 0.05) is 6.92 Å². The quantitative estimate of drug-likeness (QED) is 0.562. The van der Waals surface area contributed by atoms with Crippen molar-refractivity contribution in [2.75, 3.05) is 0 Å². The molecule has 11 heavy (non-hydrogen) atoms. The van der Waals surface area contributed by atoms with E-state index in [9.17, 15) is 0 Å². The minimum atomic E-state index is 0.301. The van der Waals surface area contributed by atoms with Gasteiger partial charge in [-0.25, -0.2) is 9.97 Å². The summed E-state index contributed by atoms with van der Waals surface area (Å²) in [5, 5.41) is 0.301. The molecule has 5 heteroatoms. The third-order valence-electron chi connectivity index (χ3n) is 1.25. The van der Waals surface area contributed by atoms with Gasteiger partial charge in [0.05, 0.1) is 0 Å². The van der Waals surface area contributed by atoms with Crippen LogP contribution in [0.4, 0.5) is 0 Å². The number of hydrogen-bond acceptors (Lipinski definition) is 4. The molecule has 2 aromatic heterocycles. The third kappa shape index (κ3) is 0.952. The van der Waals surface area contributed by atoms with Crippen LogP contribution in [0.1, 0.15) is 5.89 Å². The van der Waals surface area contributed by atoms with Crippen LogP contribution in [0.25, 0.3) is 11.2 Å². The molecule has 0 N–H and O–H groups in total. The lowest BCUT2D eigenvalue weighted by Crippen LogP contribution is -1.79. The molecule has 2 heterocycles. The molecule has 0 aliphatic heterocycles. The van der Waals surface area contributed by atoms with Crippen molar-refractivity contribution in [2.45, 2.75) is 6.92 Å². The lowest BCUT2D eigenvalue weighted by molar-refractivity contribution is 0.560. The van der Waals surface area contributed by atoms with Crippen LogP contribution in [0, 0.1) is 6.92 Å². The highest BCUT2D eigenvalue weighted by atomic mass is 35.5. The lowest BCUT2D eigenvalue weighted by Gasteiger charge is -1.85. The summed E-state index contributed by atoms with van der Waals surface area (Å²) < 4.78 is 5.13. The number of nitrogens with zero attached hydrogens (tertiary/aromatic N) is 3. The Morgan fingerprint density at radius 2 is 2.27 bits per heavy atom. The summed E-state index contributed by atoms with van der Waals surface area (Å²) in [6.45, 7) is 1.73. The molecule has 2 rings (SSSR count). The summed E-state index contributed by atoms with van der Waals surface area (Å²) in [7, 11) is 0. The van der Waals surface area contributed by atoms with Crippen LogP contribution < -0.4 is 0 Å². The van der Waals surface area contributed by atoms with Crippen LogP contribution in [0.2, 0.25) is 5.15 Å². The summed E-state index contributed by atoms with van der Waals surface area (Å²) in [4.78, 5) is 11.6. The molecule has 0 amide bonds. The molecular formula is C6H4ClN3O. The van der Waals surface area contributed by atoms with Gasteiger partial charge in [0.15, 0.2) is 11.0 Å². The largest absolute Gasteiger partial charge is 0.436 e. The van der Waals surface area contributed by atoms with E-state index in [-0.39, 0.29) is 0 Å². The second-order valence-electron chi connectivity index (χ2n) is 2.05. The molecule has 0 aromatic carbocycles. The minimum Gasteiger partial charge on any atom is -0.436 e. The fourth-order valence-electron chi connectivity index (χ4n) is 0.831. The SMILES string of the molecule is Cc1nc2ncnc(Cl)c2o1. The zero-order chi connectivity index (χ0) is 7.84. The van der Waals surface area contributed by atoms with E-state index < -0.39 is 0 Å². The van der Waals surface area contributed by atoms with Crippen LogP contribution in [-0.4, -0.2) is 15.0 Å². The van der Waals surface area contributed by atoms with Crippen molar-refractivity contribution < 1.29 is 4.42 Å². The number of aromatic nitrogens is 3. The summed E-state index contributed by atoms with van der Waals surface area (Å²) in [5.41, 5.74) is 0.953. The molecule has 0 saturated carbocycles. The molecule has 2 aromatic rings. The first-order valence-corrected chi connectivity index (χ1v) is 3.39. The van der Waals surface area contributed by atoms with Gasteiger partial charge in [-0.15, -0.1) is 0 Å². The van der Waals surface area contributed by atoms with E-state index in [2.05, 4.69) is 15.0 Å². The molecule has 4 nitrogen and oxygen atoms in total. The van der Waals surface area contributed by atoms with Crippen molar-refractivity contribution in [2.24, 2.45) is 0 Å². The molecule has 56 valence electrons. The molecule has 0 aliphatic carbocycles. The third-order valence-corrected chi connectivity index (χ3v) is 1.52. The Labute approximate surface area is 67.2 Å². The summed E-state index contributed by atoms with van der Waals surface area (Å²) >= 11 is 5.69. The van der Waals surface area contributed by atoms with Crippen molar-refractivity contribution in [1.82, 2.24) is 15.0 Å². The monoisotopic (exact) mass is 169 g/mol. The average molecular weight is 170 g/mol. The Hall–Kier alpha value is -1.16. The molecule has 0 saturated heterocycles. The zero-order valence-electron chi connectivity index (χ0n) is 5.71. The van der Waals surface area contributed by atoms with E-state index >= 15 is 0 Å². The van der Waals surface area contributed by atoms with Gasteiger partial charge in [-0.1, -0.05) is 11.6 Å². The van der Waals surface area contributed by atoms with Crippen LogP contribution in [0.5, 0.6) is 0 Å². The van der Waals surface area contributed by atoms with Gasteiger partial charge >= 0.3 is 0 Å². The van der Waals surface area contributed by atoms with Gasteiger partial charge in [-0.2, -0.15) is 4.98 Å². The summed E-state index contributed by atoms with van der Waals surface area (Å²) in [5.74, 6) is 0.544. The number of aryl methyl sites for hydroxylation is 1. The highest BCUT2D eigenvalue weighted by molar-refractivity contribution is 6.33. The topological polar surface area (TPSA) is 51.8 Å². The maximum Gasteiger partial charge on any atom is 0.211 e. The Morgan fingerprint density at radius 3 is 3.00 bits per heavy atom. The highest BCUT2D eigenvalue weighted by Crippen LogP contribution is 2.18. The number of rotatable bonds is 0.